The van der Waals surface area contributed by atoms with Crippen LogP contribution in [0.1, 0.15) is 107 Å². The summed E-state index contributed by atoms with van der Waals surface area (Å²) in [6, 6.07) is -0.623. The van der Waals surface area contributed by atoms with Gasteiger partial charge in [-0.2, -0.15) is 0 Å². The molecule has 26 atom stereocenters. The van der Waals surface area contributed by atoms with E-state index in [0.717, 1.165) is 25.7 Å². The van der Waals surface area contributed by atoms with Crippen molar-refractivity contribution < 1.29 is 75.8 Å². The number of fused-ring (bicyclic) bond motifs is 1. The summed E-state index contributed by atoms with van der Waals surface area (Å²) in [5.74, 6) is -0.993. The molecule has 17 heteroatoms. The van der Waals surface area contributed by atoms with Crippen LogP contribution in [0.5, 0.6) is 0 Å². The van der Waals surface area contributed by atoms with Gasteiger partial charge < -0.3 is 81.5 Å². The fraction of sp³-hybridized carbons (Fsp3) is 1.00. The average molecular weight is 948 g/mol. The van der Waals surface area contributed by atoms with Crippen LogP contribution in [0.4, 0.5) is 0 Å². The lowest BCUT2D eigenvalue weighted by Gasteiger charge is -2.56. The maximum absolute atomic E-state index is 7.15. The fourth-order valence-electron chi connectivity index (χ4n) is 12.7. The molecule has 0 radical (unpaired) electrons. The van der Waals surface area contributed by atoms with Crippen molar-refractivity contribution in [1.29, 1.82) is 0 Å². The number of methoxy groups -OCH3 is 7. The molecule has 386 valence electrons. The maximum Gasteiger partial charge on any atom is 0.188 e. The topological polar surface area (TPSA) is 174 Å². The molecule has 5 aliphatic heterocycles. The van der Waals surface area contributed by atoms with Crippen LogP contribution in [0.2, 0.25) is 0 Å². The Balaban J connectivity index is 1.17. The maximum atomic E-state index is 7.15. The number of ether oxygens (including phenoxy) is 16. The number of nitrogens with two attached hydrogens (primary N) is 1. The van der Waals surface area contributed by atoms with Crippen molar-refractivity contribution in [2.24, 2.45) is 41.2 Å². The SMILES string of the molecule is CCC1OC(OC2C(C)C3(OC)OC(OC4C(CC)OC(OC)C(CC)C4CC)C(OC)C23)C(CC)C(C)C1OC1OC(CC)C(OC2OC(CC)C(OC)C(OC)C2N)C(OC)C1OC. The zero-order chi connectivity index (χ0) is 48.2. The average Bonchev–Trinajstić information content (AvgIpc) is 3.63. The van der Waals surface area contributed by atoms with Gasteiger partial charge >= 0.3 is 0 Å². The predicted molar refractivity (Wildman–Crippen MR) is 242 cm³/mol. The van der Waals surface area contributed by atoms with E-state index in [4.69, 9.17) is 81.5 Å². The van der Waals surface area contributed by atoms with Gasteiger partial charge in [-0.3, -0.25) is 0 Å². The van der Waals surface area contributed by atoms with Gasteiger partial charge in [-0.1, -0.05) is 68.7 Å². The van der Waals surface area contributed by atoms with Crippen LogP contribution in [0, 0.1) is 35.5 Å². The Kier molecular flexibility index (Phi) is 20.0. The fourth-order valence-corrected chi connectivity index (χ4v) is 12.7. The van der Waals surface area contributed by atoms with Crippen LogP contribution in [0.25, 0.3) is 0 Å². The summed E-state index contributed by atoms with van der Waals surface area (Å²) in [6.07, 6.45) is -2.79. The second-order valence-electron chi connectivity index (χ2n) is 19.3. The highest BCUT2D eigenvalue weighted by molar-refractivity contribution is 5.13. The van der Waals surface area contributed by atoms with E-state index in [1.165, 1.54) is 0 Å². The molecule has 2 N–H and O–H groups in total. The lowest BCUT2D eigenvalue weighted by atomic mass is 9.65. The molecule has 6 aliphatic rings. The molecule has 0 aromatic heterocycles. The van der Waals surface area contributed by atoms with Crippen LogP contribution in [-0.4, -0.2) is 172 Å². The molecule has 5 saturated heterocycles. The molecular formula is C49H89NO16. The van der Waals surface area contributed by atoms with Gasteiger partial charge in [-0.15, -0.1) is 0 Å². The van der Waals surface area contributed by atoms with E-state index in [2.05, 4.69) is 48.5 Å². The van der Waals surface area contributed by atoms with Crippen LogP contribution >= 0.6 is 0 Å². The Hall–Kier alpha value is -0.680. The van der Waals surface area contributed by atoms with E-state index in [1.54, 1.807) is 49.8 Å². The zero-order valence-electron chi connectivity index (χ0n) is 43.0. The summed E-state index contributed by atoms with van der Waals surface area (Å²) in [4.78, 5) is 0. The van der Waals surface area contributed by atoms with Gasteiger partial charge in [-0.05, 0) is 50.4 Å². The molecule has 6 rings (SSSR count). The molecule has 66 heavy (non-hydrogen) atoms. The van der Waals surface area contributed by atoms with E-state index >= 15 is 0 Å². The Morgan fingerprint density at radius 2 is 0.864 bits per heavy atom. The van der Waals surface area contributed by atoms with Crippen molar-refractivity contribution in [3.05, 3.63) is 0 Å². The van der Waals surface area contributed by atoms with Gasteiger partial charge in [0.1, 0.15) is 36.6 Å². The largest absolute Gasteiger partial charge is 0.377 e. The van der Waals surface area contributed by atoms with E-state index in [-0.39, 0.29) is 84.5 Å². The predicted octanol–water partition coefficient (Wildman–Crippen LogP) is 5.80. The van der Waals surface area contributed by atoms with Gasteiger partial charge in [0.15, 0.2) is 37.2 Å². The molecule has 0 spiro atoms. The Labute approximate surface area is 395 Å². The van der Waals surface area contributed by atoms with Crippen molar-refractivity contribution in [1.82, 2.24) is 0 Å². The molecule has 5 heterocycles. The third kappa shape index (κ3) is 9.94. The molecule has 0 amide bonds. The minimum Gasteiger partial charge on any atom is -0.377 e. The lowest BCUT2D eigenvalue weighted by Crippen LogP contribution is -2.68. The first-order valence-corrected chi connectivity index (χ1v) is 25.2. The smallest absolute Gasteiger partial charge is 0.188 e. The van der Waals surface area contributed by atoms with Gasteiger partial charge in [0.2, 0.25) is 0 Å². The summed E-state index contributed by atoms with van der Waals surface area (Å²) >= 11 is 0. The normalized spacial score (nSPS) is 49.7. The first-order chi connectivity index (χ1) is 31.8. The monoisotopic (exact) mass is 948 g/mol. The van der Waals surface area contributed by atoms with Crippen LogP contribution in [0.3, 0.4) is 0 Å². The minimum atomic E-state index is -0.960. The second kappa shape index (κ2) is 24.2. The first-order valence-electron chi connectivity index (χ1n) is 25.2. The van der Waals surface area contributed by atoms with E-state index in [9.17, 15) is 0 Å². The number of hydrogen-bond acceptors (Lipinski definition) is 17. The molecule has 26 unspecified atom stereocenters. The van der Waals surface area contributed by atoms with E-state index < -0.39 is 73.6 Å². The van der Waals surface area contributed by atoms with Crippen molar-refractivity contribution in [2.75, 3.05) is 49.8 Å². The summed E-state index contributed by atoms with van der Waals surface area (Å²) in [7, 11) is 11.7. The van der Waals surface area contributed by atoms with Gasteiger partial charge in [0, 0.05) is 67.5 Å². The Morgan fingerprint density at radius 1 is 0.394 bits per heavy atom. The third-order valence-electron chi connectivity index (χ3n) is 16.5. The Bertz CT molecular complexity index is 1450. The highest BCUT2D eigenvalue weighted by atomic mass is 16.8. The third-order valence-corrected chi connectivity index (χ3v) is 16.5. The molecule has 0 aromatic rings. The van der Waals surface area contributed by atoms with Crippen molar-refractivity contribution in [3.8, 4) is 0 Å². The summed E-state index contributed by atoms with van der Waals surface area (Å²) < 4.78 is 104. The second-order valence-corrected chi connectivity index (χ2v) is 19.3. The van der Waals surface area contributed by atoms with Gasteiger partial charge in [-0.25, -0.2) is 0 Å². The highest BCUT2D eigenvalue weighted by Crippen LogP contribution is 2.59. The van der Waals surface area contributed by atoms with E-state index in [1.807, 2.05) is 13.8 Å². The summed E-state index contributed by atoms with van der Waals surface area (Å²) in [5, 5.41) is 0. The van der Waals surface area contributed by atoms with Crippen LogP contribution < -0.4 is 5.73 Å². The number of hydrogen-bond donors (Lipinski definition) is 1. The van der Waals surface area contributed by atoms with Crippen LogP contribution in [0.15, 0.2) is 0 Å². The molecule has 0 aromatic carbocycles. The highest BCUT2D eigenvalue weighted by Gasteiger charge is 2.73. The van der Waals surface area contributed by atoms with Crippen molar-refractivity contribution in [2.45, 2.75) is 230 Å². The minimum absolute atomic E-state index is 0.0107. The molecule has 1 saturated carbocycles. The van der Waals surface area contributed by atoms with Crippen LogP contribution in [-0.2, 0) is 75.8 Å². The van der Waals surface area contributed by atoms with Gasteiger partial charge in [0.25, 0.3) is 0 Å². The molecule has 17 nitrogen and oxygen atoms in total. The molecule has 6 fully saturated rings. The van der Waals surface area contributed by atoms with Gasteiger partial charge in [0.05, 0.1) is 54.7 Å². The lowest BCUT2D eigenvalue weighted by molar-refractivity contribution is -0.400. The van der Waals surface area contributed by atoms with E-state index in [0.29, 0.717) is 19.3 Å². The number of rotatable bonds is 22. The molecular weight excluding hydrogens is 859 g/mol. The Morgan fingerprint density at radius 3 is 1.39 bits per heavy atom. The van der Waals surface area contributed by atoms with Crippen molar-refractivity contribution in [3.63, 3.8) is 0 Å². The summed E-state index contributed by atoms with van der Waals surface area (Å²) in [6.45, 7) is 19.2. The summed E-state index contributed by atoms with van der Waals surface area (Å²) in [5.41, 5.74) is 6.74. The van der Waals surface area contributed by atoms with Crippen molar-refractivity contribution >= 4 is 0 Å². The molecule has 0 bridgehead atoms. The standard InChI is InChI=1S/C49H89NO16/c1-17-26-24(8)35(62-47-43(55-14)42(54-13)39(32(23-7)61-47)65-46-34(50)41(53-12)38(51-10)31(22-6)60-46)29(20-4)59-45(26)63-36-25(9)49(57-16)33(36)40(52-11)48(66-49)64-37-27(18-2)28(19-3)44(56-15)58-30(37)21-5/h24-48H,17-23,50H2,1-16H3. The molecule has 1 aliphatic carbocycles. The first kappa shape index (κ1) is 54.6. The quantitative estimate of drug-likeness (QED) is 0.138. The zero-order valence-corrected chi connectivity index (χ0v) is 43.0.